The van der Waals surface area contributed by atoms with E-state index in [4.69, 9.17) is 0 Å². The van der Waals surface area contributed by atoms with E-state index >= 15 is 0 Å². The molecule has 0 bridgehead atoms. The number of carbonyl (C=O) groups is 1. The summed E-state index contributed by atoms with van der Waals surface area (Å²) in [5.74, 6) is 0.117. The van der Waals surface area contributed by atoms with Crippen LogP contribution >= 0.6 is 0 Å². The van der Waals surface area contributed by atoms with E-state index in [1.165, 1.54) is 25.8 Å². The van der Waals surface area contributed by atoms with Gasteiger partial charge in [0.1, 0.15) is 5.69 Å². The fourth-order valence-electron chi connectivity index (χ4n) is 3.61. The first-order chi connectivity index (χ1) is 10.2. The molecule has 1 aromatic heterocycles. The molecule has 4 heteroatoms. The number of carbonyl (C=O) groups excluding carboxylic acids is 1. The molecule has 2 unspecified atom stereocenters. The largest absolute Gasteiger partial charge is 0.365 e. The number of nitrogens with zero attached hydrogens (tertiary/aromatic N) is 3. The molecule has 0 saturated carbocycles. The number of hydrogen-bond donors (Lipinski definition) is 0. The molecule has 0 aromatic carbocycles. The summed E-state index contributed by atoms with van der Waals surface area (Å²) in [6, 6.07) is 5.13. The van der Waals surface area contributed by atoms with E-state index in [2.05, 4.69) is 27.8 Å². The van der Waals surface area contributed by atoms with Gasteiger partial charge in [-0.1, -0.05) is 13.3 Å². The number of pyridine rings is 1. The van der Waals surface area contributed by atoms with Gasteiger partial charge in [-0.2, -0.15) is 0 Å². The van der Waals surface area contributed by atoms with Crippen molar-refractivity contribution in [3.05, 3.63) is 24.0 Å². The highest BCUT2D eigenvalue weighted by Gasteiger charge is 2.33. The Balaban J connectivity index is 1.75. The zero-order chi connectivity index (χ0) is 14.8. The number of piperazine rings is 1. The first-order valence-corrected chi connectivity index (χ1v) is 8.19. The van der Waals surface area contributed by atoms with E-state index < -0.39 is 0 Å². The van der Waals surface area contributed by atoms with Crippen LogP contribution in [0.15, 0.2) is 18.3 Å². The highest BCUT2D eigenvalue weighted by Crippen LogP contribution is 2.27. The Bertz CT molecular complexity index is 499. The molecular formula is C17H25N3O. The van der Waals surface area contributed by atoms with E-state index in [9.17, 15) is 4.79 Å². The first kappa shape index (κ1) is 14.5. The van der Waals surface area contributed by atoms with Crippen LogP contribution in [0.25, 0.3) is 0 Å². The number of fused-ring (bicyclic) bond motifs is 1. The maximum atomic E-state index is 11.7. The third-order valence-electron chi connectivity index (χ3n) is 4.87. The predicted octanol–water partition coefficient (Wildman–Crippen LogP) is 2.74. The highest BCUT2D eigenvalue weighted by atomic mass is 16.1. The van der Waals surface area contributed by atoms with Gasteiger partial charge in [0.05, 0.1) is 11.9 Å². The Kier molecular flexibility index (Phi) is 4.24. The predicted molar refractivity (Wildman–Crippen MR) is 84.9 cm³/mol. The highest BCUT2D eigenvalue weighted by molar-refractivity contribution is 5.94. The minimum atomic E-state index is 0.117. The molecule has 2 aliphatic heterocycles. The number of hydrogen-bond acceptors (Lipinski definition) is 4. The summed E-state index contributed by atoms with van der Waals surface area (Å²) in [4.78, 5) is 21.1. The monoisotopic (exact) mass is 287 g/mol. The number of rotatable bonds is 3. The van der Waals surface area contributed by atoms with Crippen LogP contribution in [0.1, 0.15) is 50.0 Å². The summed E-state index contributed by atoms with van der Waals surface area (Å²) in [5, 5.41) is 0. The molecule has 0 amide bonds. The standard InChI is InChI=1S/C17H25N3O/c1-3-17(21)16-8-7-14(10-18-16)20-12-15-6-4-5-9-19(15)11-13(20)2/h7-8,10,13,15H,3-6,9,11-12H2,1-2H3. The van der Waals surface area contributed by atoms with Gasteiger partial charge in [0.15, 0.2) is 5.78 Å². The molecule has 0 radical (unpaired) electrons. The summed E-state index contributed by atoms with van der Waals surface area (Å²) < 4.78 is 0. The summed E-state index contributed by atoms with van der Waals surface area (Å²) in [6.45, 7) is 7.65. The Morgan fingerprint density at radius 1 is 1.33 bits per heavy atom. The van der Waals surface area contributed by atoms with Crippen LogP contribution in [0.5, 0.6) is 0 Å². The molecular weight excluding hydrogens is 262 g/mol. The van der Waals surface area contributed by atoms with Crippen molar-refractivity contribution < 1.29 is 4.79 Å². The molecule has 21 heavy (non-hydrogen) atoms. The van der Waals surface area contributed by atoms with Crippen LogP contribution < -0.4 is 4.90 Å². The Morgan fingerprint density at radius 3 is 2.90 bits per heavy atom. The topological polar surface area (TPSA) is 36.4 Å². The molecule has 2 fully saturated rings. The molecule has 1 aromatic rings. The Morgan fingerprint density at radius 2 is 2.19 bits per heavy atom. The van der Waals surface area contributed by atoms with Crippen molar-refractivity contribution in [2.75, 3.05) is 24.5 Å². The van der Waals surface area contributed by atoms with Crippen molar-refractivity contribution in [2.24, 2.45) is 0 Å². The smallest absolute Gasteiger partial charge is 0.180 e. The summed E-state index contributed by atoms with van der Waals surface area (Å²) in [6.07, 6.45) is 6.40. The van der Waals surface area contributed by atoms with Gasteiger partial charge in [0.25, 0.3) is 0 Å². The summed E-state index contributed by atoms with van der Waals surface area (Å²) in [5.41, 5.74) is 1.74. The average molecular weight is 287 g/mol. The zero-order valence-electron chi connectivity index (χ0n) is 13.1. The van der Waals surface area contributed by atoms with Gasteiger partial charge < -0.3 is 4.90 Å². The van der Waals surface area contributed by atoms with E-state index in [-0.39, 0.29) is 5.78 Å². The lowest BCUT2D eigenvalue weighted by Gasteiger charge is -2.48. The van der Waals surface area contributed by atoms with Gasteiger partial charge in [-0.25, -0.2) is 0 Å². The second kappa shape index (κ2) is 6.14. The van der Waals surface area contributed by atoms with Gasteiger partial charge in [-0.3, -0.25) is 14.7 Å². The molecule has 2 saturated heterocycles. The molecule has 3 heterocycles. The van der Waals surface area contributed by atoms with Gasteiger partial charge in [-0.15, -0.1) is 0 Å². The second-order valence-electron chi connectivity index (χ2n) is 6.32. The fourth-order valence-corrected chi connectivity index (χ4v) is 3.61. The SMILES string of the molecule is CCC(=O)c1ccc(N2CC3CCCCN3CC2C)cn1. The van der Waals surface area contributed by atoms with Crippen LogP contribution in [-0.4, -0.2) is 47.4 Å². The lowest BCUT2D eigenvalue weighted by Crippen LogP contribution is -2.58. The number of anilines is 1. The molecule has 2 aliphatic rings. The lowest BCUT2D eigenvalue weighted by atomic mass is 9.97. The van der Waals surface area contributed by atoms with Gasteiger partial charge in [-0.05, 0) is 38.4 Å². The molecule has 0 N–H and O–H groups in total. The molecule has 4 nitrogen and oxygen atoms in total. The quantitative estimate of drug-likeness (QED) is 0.801. The van der Waals surface area contributed by atoms with E-state index in [1.54, 1.807) is 0 Å². The Hall–Kier alpha value is -1.42. The van der Waals surface area contributed by atoms with E-state index in [1.807, 2.05) is 19.2 Å². The van der Waals surface area contributed by atoms with Gasteiger partial charge in [0.2, 0.25) is 0 Å². The van der Waals surface area contributed by atoms with Gasteiger partial charge >= 0.3 is 0 Å². The van der Waals surface area contributed by atoms with E-state index in [0.29, 0.717) is 24.2 Å². The second-order valence-corrected chi connectivity index (χ2v) is 6.32. The number of ketones is 1. The lowest BCUT2D eigenvalue weighted by molar-refractivity contribution is 0.0983. The van der Waals surface area contributed by atoms with Crippen LogP contribution in [-0.2, 0) is 0 Å². The Labute approximate surface area is 127 Å². The maximum absolute atomic E-state index is 11.7. The fraction of sp³-hybridized carbons (Fsp3) is 0.647. The van der Waals surface area contributed by atoms with Crippen LogP contribution in [0, 0.1) is 0 Å². The third-order valence-corrected chi connectivity index (χ3v) is 4.87. The molecule has 0 spiro atoms. The van der Waals surface area contributed by atoms with Crippen molar-refractivity contribution in [2.45, 2.75) is 51.6 Å². The van der Waals surface area contributed by atoms with Crippen molar-refractivity contribution in [1.82, 2.24) is 9.88 Å². The van der Waals surface area contributed by atoms with Crippen molar-refractivity contribution in [3.63, 3.8) is 0 Å². The maximum Gasteiger partial charge on any atom is 0.180 e. The first-order valence-electron chi connectivity index (χ1n) is 8.19. The van der Waals surface area contributed by atoms with Crippen LogP contribution in [0.2, 0.25) is 0 Å². The van der Waals surface area contributed by atoms with Crippen molar-refractivity contribution in [1.29, 1.82) is 0 Å². The number of piperidine rings is 1. The number of Topliss-reactive ketones (excluding diaryl/α,β-unsaturated/α-hetero) is 1. The van der Waals surface area contributed by atoms with Crippen molar-refractivity contribution in [3.8, 4) is 0 Å². The van der Waals surface area contributed by atoms with Gasteiger partial charge in [0, 0.05) is 31.6 Å². The van der Waals surface area contributed by atoms with Crippen molar-refractivity contribution >= 4 is 11.5 Å². The van der Waals surface area contributed by atoms with Crippen LogP contribution in [0.3, 0.4) is 0 Å². The van der Waals surface area contributed by atoms with Crippen LogP contribution in [0.4, 0.5) is 5.69 Å². The molecule has 114 valence electrons. The number of aromatic nitrogens is 1. The minimum absolute atomic E-state index is 0.117. The minimum Gasteiger partial charge on any atom is -0.365 e. The molecule has 2 atom stereocenters. The normalized spacial score (nSPS) is 26.5. The third kappa shape index (κ3) is 2.95. The summed E-state index contributed by atoms with van der Waals surface area (Å²) in [7, 11) is 0. The van der Waals surface area contributed by atoms with E-state index in [0.717, 1.165) is 18.8 Å². The molecule has 3 rings (SSSR count). The molecule has 0 aliphatic carbocycles. The summed E-state index contributed by atoms with van der Waals surface area (Å²) >= 11 is 0. The zero-order valence-corrected chi connectivity index (χ0v) is 13.1. The average Bonchev–Trinajstić information content (AvgIpc) is 2.53.